The summed E-state index contributed by atoms with van der Waals surface area (Å²) in [7, 11) is 0. The van der Waals surface area contributed by atoms with Crippen molar-refractivity contribution in [2.45, 2.75) is 33.1 Å². The highest BCUT2D eigenvalue weighted by atomic mass is 16.1. The first-order valence-electron chi connectivity index (χ1n) is 8.36. The largest absolute Gasteiger partial charge is 0.352 e. The standard InChI is InChI=1S/C20H24N2O/c1-20(2)12-5-6-17(20)14-22-19(23)16-10-8-15(9-11-16)18-7-3-4-13-21-18/h3-4,7-11,13,17H,5-6,12,14H2,1-2H3,(H,22,23). The maximum atomic E-state index is 12.3. The lowest BCUT2D eigenvalue weighted by atomic mass is 9.82. The molecular formula is C20H24N2O. The van der Waals surface area contributed by atoms with E-state index in [0.717, 1.165) is 17.8 Å². The fraction of sp³-hybridized carbons (Fsp3) is 0.400. The number of carbonyl (C=O) groups excluding carboxylic acids is 1. The van der Waals surface area contributed by atoms with Gasteiger partial charge in [-0.3, -0.25) is 9.78 Å². The monoisotopic (exact) mass is 308 g/mol. The van der Waals surface area contributed by atoms with Crippen molar-refractivity contribution in [1.82, 2.24) is 10.3 Å². The van der Waals surface area contributed by atoms with E-state index in [1.54, 1.807) is 6.20 Å². The van der Waals surface area contributed by atoms with Crippen molar-refractivity contribution in [3.05, 3.63) is 54.2 Å². The van der Waals surface area contributed by atoms with Crippen LogP contribution in [-0.4, -0.2) is 17.4 Å². The number of nitrogens with zero attached hydrogens (tertiary/aromatic N) is 1. The van der Waals surface area contributed by atoms with E-state index in [-0.39, 0.29) is 5.91 Å². The first-order chi connectivity index (χ1) is 11.1. The number of pyridine rings is 1. The van der Waals surface area contributed by atoms with Gasteiger partial charge in [-0.25, -0.2) is 0 Å². The number of benzene rings is 1. The molecule has 1 N–H and O–H groups in total. The lowest BCUT2D eigenvalue weighted by Gasteiger charge is -2.27. The number of nitrogens with one attached hydrogen (secondary N) is 1. The van der Waals surface area contributed by atoms with Gasteiger partial charge in [0.05, 0.1) is 5.69 Å². The molecule has 0 aliphatic heterocycles. The smallest absolute Gasteiger partial charge is 0.251 e. The molecule has 3 heteroatoms. The summed E-state index contributed by atoms with van der Waals surface area (Å²) >= 11 is 0. The summed E-state index contributed by atoms with van der Waals surface area (Å²) in [6, 6.07) is 13.5. The van der Waals surface area contributed by atoms with Crippen LogP contribution in [0.1, 0.15) is 43.5 Å². The van der Waals surface area contributed by atoms with Crippen LogP contribution in [0.3, 0.4) is 0 Å². The molecule has 1 aliphatic rings. The van der Waals surface area contributed by atoms with Gasteiger partial charge in [-0.15, -0.1) is 0 Å². The van der Waals surface area contributed by atoms with Crippen LogP contribution in [0, 0.1) is 11.3 Å². The highest BCUT2D eigenvalue weighted by molar-refractivity contribution is 5.94. The third-order valence-corrected chi connectivity index (χ3v) is 5.10. The van der Waals surface area contributed by atoms with Crippen LogP contribution in [0.4, 0.5) is 0 Å². The van der Waals surface area contributed by atoms with Gasteiger partial charge in [-0.2, -0.15) is 0 Å². The summed E-state index contributed by atoms with van der Waals surface area (Å²) in [5.41, 5.74) is 3.00. The van der Waals surface area contributed by atoms with Crippen molar-refractivity contribution in [2.75, 3.05) is 6.54 Å². The second-order valence-electron chi connectivity index (χ2n) is 7.08. The quantitative estimate of drug-likeness (QED) is 0.914. The Morgan fingerprint density at radius 1 is 1.22 bits per heavy atom. The predicted octanol–water partition coefficient (Wildman–Crippen LogP) is 4.30. The Morgan fingerprint density at radius 3 is 2.61 bits per heavy atom. The van der Waals surface area contributed by atoms with Crippen molar-refractivity contribution >= 4 is 5.91 Å². The van der Waals surface area contributed by atoms with Crippen LogP contribution < -0.4 is 5.32 Å². The third kappa shape index (κ3) is 3.61. The number of rotatable bonds is 4. The van der Waals surface area contributed by atoms with E-state index in [9.17, 15) is 4.79 Å². The molecule has 0 bridgehead atoms. The zero-order valence-corrected chi connectivity index (χ0v) is 13.9. The normalized spacial score (nSPS) is 19.5. The SMILES string of the molecule is CC1(C)CCCC1CNC(=O)c1ccc(-c2ccccn2)cc1. The molecule has 0 saturated heterocycles. The van der Waals surface area contributed by atoms with E-state index in [4.69, 9.17) is 0 Å². The fourth-order valence-electron chi connectivity index (χ4n) is 3.42. The van der Waals surface area contributed by atoms with Gasteiger partial charge < -0.3 is 5.32 Å². The minimum Gasteiger partial charge on any atom is -0.352 e. The number of carbonyl (C=O) groups is 1. The Balaban J connectivity index is 1.62. The molecule has 1 amide bonds. The average molecular weight is 308 g/mol. The lowest BCUT2D eigenvalue weighted by molar-refractivity contribution is 0.0937. The van der Waals surface area contributed by atoms with Gasteiger partial charge in [0, 0.05) is 23.9 Å². The van der Waals surface area contributed by atoms with Gasteiger partial charge in [0.15, 0.2) is 0 Å². The van der Waals surface area contributed by atoms with Crippen LogP contribution >= 0.6 is 0 Å². The molecule has 1 fully saturated rings. The maximum absolute atomic E-state index is 12.3. The van der Waals surface area contributed by atoms with E-state index in [0.29, 0.717) is 16.9 Å². The van der Waals surface area contributed by atoms with Crippen molar-refractivity contribution in [2.24, 2.45) is 11.3 Å². The zero-order valence-electron chi connectivity index (χ0n) is 13.9. The summed E-state index contributed by atoms with van der Waals surface area (Å²) in [5, 5.41) is 3.10. The van der Waals surface area contributed by atoms with Crippen LogP contribution in [0.2, 0.25) is 0 Å². The molecule has 3 nitrogen and oxygen atoms in total. The zero-order chi connectivity index (χ0) is 16.3. The van der Waals surface area contributed by atoms with E-state index in [1.165, 1.54) is 19.3 Å². The molecular weight excluding hydrogens is 284 g/mol. The summed E-state index contributed by atoms with van der Waals surface area (Å²) < 4.78 is 0. The molecule has 0 spiro atoms. The third-order valence-electron chi connectivity index (χ3n) is 5.10. The van der Waals surface area contributed by atoms with Crippen molar-refractivity contribution in [3.8, 4) is 11.3 Å². The molecule has 1 heterocycles. The minimum atomic E-state index is 0.0141. The molecule has 1 aromatic heterocycles. The first kappa shape index (κ1) is 15.7. The summed E-state index contributed by atoms with van der Waals surface area (Å²) in [6.45, 7) is 5.38. The van der Waals surface area contributed by atoms with Gasteiger partial charge in [-0.1, -0.05) is 38.5 Å². The van der Waals surface area contributed by atoms with Crippen LogP contribution in [0.15, 0.2) is 48.7 Å². The minimum absolute atomic E-state index is 0.0141. The molecule has 3 rings (SSSR count). The molecule has 1 atom stereocenters. The molecule has 120 valence electrons. The van der Waals surface area contributed by atoms with Crippen LogP contribution in [-0.2, 0) is 0 Å². The number of hydrogen-bond acceptors (Lipinski definition) is 2. The van der Waals surface area contributed by atoms with E-state index < -0.39 is 0 Å². The fourth-order valence-corrected chi connectivity index (χ4v) is 3.42. The van der Waals surface area contributed by atoms with E-state index in [2.05, 4.69) is 24.1 Å². The Hall–Kier alpha value is -2.16. The van der Waals surface area contributed by atoms with Crippen LogP contribution in [0.25, 0.3) is 11.3 Å². The van der Waals surface area contributed by atoms with Gasteiger partial charge in [0.1, 0.15) is 0 Å². The predicted molar refractivity (Wildman–Crippen MR) is 93.1 cm³/mol. The lowest BCUT2D eigenvalue weighted by Crippen LogP contribution is -2.33. The number of aromatic nitrogens is 1. The van der Waals surface area contributed by atoms with Crippen molar-refractivity contribution in [3.63, 3.8) is 0 Å². The van der Waals surface area contributed by atoms with Crippen LogP contribution in [0.5, 0.6) is 0 Å². The molecule has 1 aromatic carbocycles. The highest BCUT2D eigenvalue weighted by Gasteiger charge is 2.34. The van der Waals surface area contributed by atoms with Crippen molar-refractivity contribution < 1.29 is 4.79 Å². The van der Waals surface area contributed by atoms with Gasteiger partial charge in [0.2, 0.25) is 0 Å². The summed E-state index contributed by atoms with van der Waals surface area (Å²) in [6.07, 6.45) is 5.52. The van der Waals surface area contributed by atoms with Gasteiger partial charge in [-0.05, 0) is 48.4 Å². The Morgan fingerprint density at radius 2 is 2.00 bits per heavy atom. The Kier molecular flexibility index (Phi) is 4.46. The molecule has 1 aliphatic carbocycles. The van der Waals surface area contributed by atoms with Crippen molar-refractivity contribution in [1.29, 1.82) is 0 Å². The second-order valence-corrected chi connectivity index (χ2v) is 7.08. The topological polar surface area (TPSA) is 42.0 Å². The summed E-state index contributed by atoms with van der Waals surface area (Å²) in [5.74, 6) is 0.597. The molecule has 1 unspecified atom stereocenters. The van der Waals surface area contributed by atoms with Gasteiger partial charge >= 0.3 is 0 Å². The average Bonchev–Trinajstić information content (AvgIpc) is 2.92. The number of hydrogen-bond donors (Lipinski definition) is 1. The first-order valence-corrected chi connectivity index (χ1v) is 8.36. The Bertz CT molecular complexity index is 662. The highest BCUT2D eigenvalue weighted by Crippen LogP contribution is 2.42. The maximum Gasteiger partial charge on any atom is 0.251 e. The molecule has 23 heavy (non-hydrogen) atoms. The summed E-state index contributed by atoms with van der Waals surface area (Å²) in [4.78, 5) is 16.7. The van der Waals surface area contributed by atoms with Gasteiger partial charge in [0.25, 0.3) is 5.91 Å². The van der Waals surface area contributed by atoms with E-state index >= 15 is 0 Å². The molecule has 1 saturated carbocycles. The second kappa shape index (κ2) is 6.53. The van der Waals surface area contributed by atoms with E-state index in [1.807, 2.05) is 42.5 Å². The molecule has 0 radical (unpaired) electrons. The number of amides is 1. The Labute approximate surface area is 138 Å². The molecule has 2 aromatic rings.